The summed E-state index contributed by atoms with van der Waals surface area (Å²) >= 11 is 0. The number of carbonyl (C=O) groups is 3. The number of halogens is 1. The van der Waals surface area contributed by atoms with E-state index in [0.29, 0.717) is 5.69 Å². The lowest BCUT2D eigenvalue weighted by molar-refractivity contribution is -0.142. The molecule has 26 heavy (non-hydrogen) atoms. The van der Waals surface area contributed by atoms with Gasteiger partial charge in [0, 0.05) is 13.3 Å². The average molecular weight is 358 g/mol. The lowest BCUT2D eigenvalue weighted by Crippen LogP contribution is -2.43. The summed E-state index contributed by atoms with van der Waals surface area (Å²) in [6.45, 7) is 1.32. The molecule has 2 aromatic rings. The highest BCUT2D eigenvalue weighted by Crippen LogP contribution is 2.16. The number of ether oxygens (including phenoxy) is 1. The first kappa shape index (κ1) is 19.1. The van der Waals surface area contributed by atoms with Gasteiger partial charge in [-0.25, -0.2) is 9.18 Å². The van der Waals surface area contributed by atoms with Crippen LogP contribution in [-0.4, -0.2) is 30.9 Å². The number of hydrogen-bond acceptors (Lipinski definition) is 4. The third-order valence-electron chi connectivity index (χ3n) is 3.66. The fourth-order valence-corrected chi connectivity index (χ4v) is 2.44. The number of rotatable bonds is 6. The predicted molar refractivity (Wildman–Crippen MR) is 94.1 cm³/mol. The summed E-state index contributed by atoms with van der Waals surface area (Å²) in [6, 6.07) is 11.3. The van der Waals surface area contributed by atoms with Gasteiger partial charge in [-0.05, 0) is 23.8 Å². The highest BCUT2D eigenvalue weighted by molar-refractivity contribution is 6.04. The molecule has 2 aromatic carbocycles. The second kappa shape index (κ2) is 8.75. The van der Waals surface area contributed by atoms with Crippen LogP contribution in [0.25, 0.3) is 0 Å². The molecule has 0 unspecified atom stereocenters. The molecule has 0 fully saturated rings. The van der Waals surface area contributed by atoms with Crippen LogP contribution in [0.15, 0.2) is 48.5 Å². The van der Waals surface area contributed by atoms with Crippen molar-refractivity contribution < 1.29 is 23.5 Å². The molecule has 0 saturated carbocycles. The number of anilines is 1. The molecule has 0 aliphatic carbocycles. The molecular formula is C19H19FN2O4. The maximum Gasteiger partial charge on any atom is 0.328 e. The summed E-state index contributed by atoms with van der Waals surface area (Å²) in [6.07, 6.45) is -0.0621. The topological polar surface area (TPSA) is 84.5 Å². The van der Waals surface area contributed by atoms with Crippen LogP contribution in [0.2, 0.25) is 0 Å². The van der Waals surface area contributed by atoms with Crippen molar-refractivity contribution in [2.45, 2.75) is 19.4 Å². The van der Waals surface area contributed by atoms with Crippen molar-refractivity contribution >= 4 is 23.5 Å². The van der Waals surface area contributed by atoms with Gasteiger partial charge in [-0.15, -0.1) is 0 Å². The van der Waals surface area contributed by atoms with Crippen LogP contribution in [-0.2, 0) is 20.7 Å². The maximum absolute atomic E-state index is 13.9. The lowest BCUT2D eigenvalue weighted by Gasteiger charge is -2.18. The molecule has 0 radical (unpaired) electrons. The molecule has 0 aliphatic heterocycles. The zero-order valence-electron chi connectivity index (χ0n) is 14.4. The van der Waals surface area contributed by atoms with Gasteiger partial charge in [-0.1, -0.05) is 30.3 Å². The Balaban J connectivity index is 2.23. The number of methoxy groups -OCH3 is 1. The Hall–Kier alpha value is -3.22. The van der Waals surface area contributed by atoms with Crippen LogP contribution >= 0.6 is 0 Å². The molecule has 2 amide bonds. The van der Waals surface area contributed by atoms with Gasteiger partial charge >= 0.3 is 5.97 Å². The summed E-state index contributed by atoms with van der Waals surface area (Å²) < 4.78 is 18.6. The second-order valence-electron chi connectivity index (χ2n) is 5.57. The van der Waals surface area contributed by atoms with E-state index in [1.54, 1.807) is 24.3 Å². The molecule has 136 valence electrons. The predicted octanol–water partition coefficient (Wildman–Crippen LogP) is 2.30. The number of benzene rings is 2. The maximum atomic E-state index is 13.9. The molecule has 0 saturated heterocycles. The van der Waals surface area contributed by atoms with Crippen molar-refractivity contribution in [1.82, 2.24) is 5.32 Å². The van der Waals surface area contributed by atoms with E-state index in [1.165, 1.54) is 38.3 Å². The number of esters is 1. The summed E-state index contributed by atoms with van der Waals surface area (Å²) in [5.41, 5.74) is 0.774. The Morgan fingerprint density at radius 2 is 1.73 bits per heavy atom. The monoisotopic (exact) mass is 358 g/mol. The van der Waals surface area contributed by atoms with Gasteiger partial charge in [-0.3, -0.25) is 9.59 Å². The van der Waals surface area contributed by atoms with Crippen LogP contribution in [0.3, 0.4) is 0 Å². The molecule has 2 rings (SSSR count). The van der Waals surface area contributed by atoms with E-state index in [-0.39, 0.29) is 23.5 Å². The molecule has 2 N–H and O–H groups in total. The van der Waals surface area contributed by atoms with Crippen LogP contribution in [0.4, 0.5) is 10.1 Å². The lowest BCUT2D eigenvalue weighted by atomic mass is 10.0. The summed E-state index contributed by atoms with van der Waals surface area (Å²) in [7, 11) is 1.19. The van der Waals surface area contributed by atoms with Crippen molar-refractivity contribution in [3.63, 3.8) is 0 Å². The van der Waals surface area contributed by atoms with Crippen molar-refractivity contribution in [1.29, 1.82) is 0 Å². The molecule has 6 nitrogen and oxygen atoms in total. The Morgan fingerprint density at radius 1 is 1.08 bits per heavy atom. The van der Waals surface area contributed by atoms with Gasteiger partial charge < -0.3 is 15.4 Å². The average Bonchev–Trinajstić information content (AvgIpc) is 2.62. The molecule has 0 heterocycles. The molecular weight excluding hydrogens is 339 g/mol. The highest BCUT2D eigenvalue weighted by Gasteiger charge is 2.24. The minimum atomic E-state index is -1.07. The van der Waals surface area contributed by atoms with E-state index in [4.69, 9.17) is 4.74 Å². The van der Waals surface area contributed by atoms with Gasteiger partial charge in [0.25, 0.3) is 5.91 Å². The van der Waals surface area contributed by atoms with Gasteiger partial charge in [-0.2, -0.15) is 0 Å². The van der Waals surface area contributed by atoms with Gasteiger partial charge in [0.2, 0.25) is 5.91 Å². The first-order valence-corrected chi connectivity index (χ1v) is 7.91. The Bertz CT molecular complexity index is 823. The van der Waals surface area contributed by atoms with Gasteiger partial charge in [0.15, 0.2) is 0 Å². The largest absolute Gasteiger partial charge is 0.467 e. The summed E-state index contributed by atoms with van der Waals surface area (Å²) in [5.74, 6) is -2.09. The van der Waals surface area contributed by atoms with Crippen molar-refractivity contribution in [2.75, 3.05) is 12.4 Å². The molecule has 0 aliphatic rings. The standard InChI is InChI=1S/C19H19FN2O4/c1-12(23)21-16-10-6-4-8-14(16)18(24)22-17(19(25)26-2)11-13-7-3-5-9-15(13)20/h3-10,17H,11H2,1-2H3,(H,21,23)(H,22,24)/t17-/m0/s1. The van der Waals surface area contributed by atoms with Crippen LogP contribution in [0, 0.1) is 5.82 Å². The molecule has 7 heteroatoms. The smallest absolute Gasteiger partial charge is 0.328 e. The SMILES string of the molecule is COC(=O)[C@H](Cc1ccccc1F)NC(=O)c1ccccc1NC(C)=O. The third-order valence-corrected chi connectivity index (χ3v) is 3.66. The third kappa shape index (κ3) is 4.89. The Labute approximate surface area is 150 Å². The summed E-state index contributed by atoms with van der Waals surface area (Å²) in [5, 5.41) is 5.10. The number of hydrogen-bond donors (Lipinski definition) is 2. The number of nitrogens with one attached hydrogen (secondary N) is 2. The Kier molecular flexibility index (Phi) is 6.43. The van der Waals surface area contributed by atoms with E-state index in [2.05, 4.69) is 10.6 Å². The van der Waals surface area contributed by atoms with E-state index in [1.807, 2.05) is 0 Å². The minimum Gasteiger partial charge on any atom is -0.467 e. The zero-order chi connectivity index (χ0) is 19.1. The zero-order valence-corrected chi connectivity index (χ0v) is 14.4. The van der Waals surface area contributed by atoms with E-state index >= 15 is 0 Å². The fourth-order valence-electron chi connectivity index (χ4n) is 2.44. The van der Waals surface area contributed by atoms with E-state index in [0.717, 1.165) is 0 Å². The second-order valence-corrected chi connectivity index (χ2v) is 5.57. The normalized spacial score (nSPS) is 11.3. The number of para-hydroxylation sites is 1. The van der Waals surface area contributed by atoms with E-state index < -0.39 is 23.7 Å². The Morgan fingerprint density at radius 3 is 2.38 bits per heavy atom. The first-order valence-electron chi connectivity index (χ1n) is 7.91. The van der Waals surface area contributed by atoms with Gasteiger partial charge in [0.1, 0.15) is 11.9 Å². The highest BCUT2D eigenvalue weighted by atomic mass is 19.1. The fraction of sp³-hybridized carbons (Fsp3) is 0.211. The van der Waals surface area contributed by atoms with Crippen molar-refractivity contribution in [3.05, 3.63) is 65.5 Å². The van der Waals surface area contributed by atoms with Crippen molar-refractivity contribution in [2.24, 2.45) is 0 Å². The minimum absolute atomic E-state index is 0.0621. The van der Waals surface area contributed by atoms with Crippen LogP contribution in [0.5, 0.6) is 0 Å². The van der Waals surface area contributed by atoms with Gasteiger partial charge in [0.05, 0.1) is 18.4 Å². The molecule has 0 aromatic heterocycles. The molecule has 0 spiro atoms. The van der Waals surface area contributed by atoms with Crippen molar-refractivity contribution in [3.8, 4) is 0 Å². The first-order chi connectivity index (χ1) is 12.4. The van der Waals surface area contributed by atoms with Crippen LogP contribution < -0.4 is 10.6 Å². The van der Waals surface area contributed by atoms with Crippen LogP contribution in [0.1, 0.15) is 22.8 Å². The molecule has 0 bridgehead atoms. The molecule has 1 atom stereocenters. The number of amides is 2. The van der Waals surface area contributed by atoms with E-state index in [9.17, 15) is 18.8 Å². The quantitative estimate of drug-likeness (QED) is 0.776. The number of carbonyl (C=O) groups excluding carboxylic acids is 3. The summed E-state index contributed by atoms with van der Waals surface area (Å²) in [4.78, 5) is 35.9.